The number of hydrogen-bond acceptors (Lipinski definition) is 1. The first-order valence-electron chi connectivity index (χ1n) is 1.35. The summed E-state index contributed by atoms with van der Waals surface area (Å²) in [6, 6.07) is 2.09. The smallest absolute Gasteiger partial charge is 0.0298 e. The van der Waals surface area contributed by atoms with Crippen molar-refractivity contribution in [3.8, 4) is 12.5 Å². The van der Waals surface area contributed by atoms with Gasteiger partial charge in [-0.25, -0.2) is 4.99 Å². The summed E-state index contributed by atoms with van der Waals surface area (Å²) in [7, 11) is 0. The van der Waals surface area contributed by atoms with Crippen LogP contribution in [-0.4, -0.2) is 6.21 Å². The maximum Gasteiger partial charge on any atom is 0.0298 e. The van der Waals surface area contributed by atoms with Crippen LogP contribution in [0.5, 0.6) is 0 Å². The molecular formula is C4H5N. The van der Waals surface area contributed by atoms with E-state index in [1.54, 1.807) is 13.1 Å². The van der Waals surface area contributed by atoms with Gasteiger partial charge in [-0.15, -0.1) is 0 Å². The van der Waals surface area contributed by atoms with Crippen LogP contribution in [0.25, 0.3) is 0 Å². The molecule has 0 heterocycles. The zero-order valence-electron chi connectivity index (χ0n) is 3.10. The molecule has 0 saturated carbocycles. The highest BCUT2D eigenvalue weighted by atomic mass is 14.6. The Morgan fingerprint density at radius 2 is 2.60 bits per heavy atom. The maximum absolute atomic E-state index is 4.69. The molecule has 0 aromatic rings. The van der Waals surface area contributed by atoms with Crippen molar-refractivity contribution in [3.05, 3.63) is 0 Å². The van der Waals surface area contributed by atoms with Crippen LogP contribution in [0.1, 0.15) is 6.92 Å². The van der Waals surface area contributed by atoms with Gasteiger partial charge in [0, 0.05) is 12.3 Å². The van der Waals surface area contributed by atoms with Crippen LogP contribution in [0.3, 0.4) is 0 Å². The number of hydrogen-bond donors (Lipinski definition) is 0. The topological polar surface area (TPSA) is 12.4 Å². The summed E-state index contributed by atoms with van der Waals surface area (Å²) in [5.41, 5.74) is 0. The number of rotatable bonds is 0. The minimum Gasteiger partial charge on any atom is -0.211 e. The molecule has 0 aliphatic carbocycles. The van der Waals surface area contributed by atoms with E-state index in [4.69, 9.17) is 6.42 Å². The summed E-state index contributed by atoms with van der Waals surface area (Å²) in [4.78, 5) is 3.38. The van der Waals surface area contributed by atoms with Gasteiger partial charge < -0.3 is 0 Å². The minimum absolute atomic E-state index is 1.57. The van der Waals surface area contributed by atoms with Crippen molar-refractivity contribution in [1.29, 1.82) is 0 Å². The Balaban J connectivity index is 3.04. The first-order valence-corrected chi connectivity index (χ1v) is 1.35. The highest BCUT2D eigenvalue weighted by Gasteiger charge is 1.40. The highest BCUT2D eigenvalue weighted by molar-refractivity contribution is 5.54. The van der Waals surface area contributed by atoms with Crippen LogP contribution in [0, 0.1) is 12.5 Å². The molecule has 26 valence electrons. The quantitative estimate of drug-likeness (QED) is 0.291. The third-order valence-corrected chi connectivity index (χ3v) is 0.204. The van der Waals surface area contributed by atoms with Gasteiger partial charge in [-0.3, -0.25) is 0 Å². The van der Waals surface area contributed by atoms with Crippen molar-refractivity contribution in [1.82, 2.24) is 0 Å². The lowest BCUT2D eigenvalue weighted by Crippen LogP contribution is -1.48. The number of nitrogens with zero attached hydrogens (tertiary/aromatic N) is 1. The van der Waals surface area contributed by atoms with Crippen molar-refractivity contribution < 1.29 is 0 Å². The SMILES string of the molecule is C#CN=CC. The van der Waals surface area contributed by atoms with Gasteiger partial charge >= 0.3 is 0 Å². The fourth-order valence-corrected chi connectivity index (χ4v) is 0.0745. The van der Waals surface area contributed by atoms with Crippen LogP contribution >= 0.6 is 0 Å². The Kier molecular flexibility index (Phi) is 2.73. The van der Waals surface area contributed by atoms with Crippen molar-refractivity contribution in [3.63, 3.8) is 0 Å². The molecule has 0 saturated heterocycles. The van der Waals surface area contributed by atoms with Crippen LogP contribution in [-0.2, 0) is 0 Å². The van der Waals surface area contributed by atoms with Crippen LogP contribution in [0.2, 0.25) is 0 Å². The average molecular weight is 67.1 g/mol. The van der Waals surface area contributed by atoms with Gasteiger partial charge in [-0.1, -0.05) is 6.42 Å². The first-order chi connectivity index (χ1) is 2.41. The zero-order valence-corrected chi connectivity index (χ0v) is 3.10. The van der Waals surface area contributed by atoms with E-state index in [9.17, 15) is 0 Å². The van der Waals surface area contributed by atoms with Gasteiger partial charge in [0.15, 0.2) is 0 Å². The van der Waals surface area contributed by atoms with E-state index in [1.807, 2.05) is 0 Å². The fraction of sp³-hybridized carbons (Fsp3) is 0.250. The second-order valence-electron chi connectivity index (χ2n) is 0.516. The molecule has 1 nitrogen and oxygen atoms in total. The van der Waals surface area contributed by atoms with Crippen LogP contribution in [0.4, 0.5) is 0 Å². The standard InChI is InChI=1S/C4H5N/c1-3-5-4-2/h1,4H,2H3. The molecule has 0 rings (SSSR count). The van der Waals surface area contributed by atoms with Crippen molar-refractivity contribution in [2.75, 3.05) is 0 Å². The third-order valence-electron chi connectivity index (χ3n) is 0.204. The predicted molar refractivity (Wildman–Crippen MR) is 23.0 cm³/mol. The number of terminal acetylenes is 1. The van der Waals surface area contributed by atoms with Gasteiger partial charge in [-0.05, 0) is 6.92 Å². The van der Waals surface area contributed by atoms with E-state index < -0.39 is 0 Å². The van der Waals surface area contributed by atoms with E-state index in [2.05, 4.69) is 11.0 Å². The largest absolute Gasteiger partial charge is 0.211 e. The van der Waals surface area contributed by atoms with Crippen molar-refractivity contribution >= 4 is 6.21 Å². The Bertz CT molecular complexity index is 66.2. The second-order valence-corrected chi connectivity index (χ2v) is 0.516. The summed E-state index contributed by atoms with van der Waals surface area (Å²) in [6.45, 7) is 1.78. The van der Waals surface area contributed by atoms with Gasteiger partial charge in [-0.2, -0.15) is 0 Å². The van der Waals surface area contributed by atoms with Crippen LogP contribution < -0.4 is 0 Å². The van der Waals surface area contributed by atoms with Crippen LogP contribution in [0.15, 0.2) is 4.99 Å². The molecule has 0 unspecified atom stereocenters. The molecule has 0 aliphatic rings. The molecule has 1 heteroatoms. The lowest BCUT2D eigenvalue weighted by Gasteiger charge is -1.53. The van der Waals surface area contributed by atoms with E-state index in [1.165, 1.54) is 0 Å². The molecule has 0 radical (unpaired) electrons. The van der Waals surface area contributed by atoms with Crippen molar-refractivity contribution in [2.45, 2.75) is 6.92 Å². The Morgan fingerprint density at radius 3 is 2.60 bits per heavy atom. The lowest BCUT2D eigenvalue weighted by atomic mass is 10.9. The van der Waals surface area contributed by atoms with E-state index in [0.29, 0.717) is 0 Å². The maximum atomic E-state index is 4.69. The molecule has 5 heavy (non-hydrogen) atoms. The second kappa shape index (κ2) is 3.23. The zero-order chi connectivity index (χ0) is 4.12. The molecule has 0 atom stereocenters. The first kappa shape index (κ1) is 4.23. The Labute approximate surface area is 31.7 Å². The number of aliphatic imine (C=N–C) groups is 1. The van der Waals surface area contributed by atoms with E-state index >= 15 is 0 Å². The lowest BCUT2D eigenvalue weighted by molar-refractivity contribution is 1.70. The Morgan fingerprint density at radius 1 is 2.00 bits per heavy atom. The molecule has 0 spiro atoms. The molecular weight excluding hydrogens is 62.1 g/mol. The molecule has 0 bridgehead atoms. The minimum atomic E-state index is 1.57. The van der Waals surface area contributed by atoms with Crippen molar-refractivity contribution in [2.24, 2.45) is 4.99 Å². The molecule has 0 fully saturated rings. The third kappa shape index (κ3) is 3.23. The summed E-state index contributed by atoms with van der Waals surface area (Å²) in [5, 5.41) is 0. The van der Waals surface area contributed by atoms with Gasteiger partial charge in [0.2, 0.25) is 0 Å². The summed E-state index contributed by atoms with van der Waals surface area (Å²) in [5.74, 6) is 0. The summed E-state index contributed by atoms with van der Waals surface area (Å²) in [6.07, 6.45) is 6.26. The molecule has 0 amide bonds. The molecule has 0 N–H and O–H groups in total. The average Bonchev–Trinajstić information content (AvgIpc) is 1.41. The molecule has 0 aromatic heterocycles. The summed E-state index contributed by atoms with van der Waals surface area (Å²) < 4.78 is 0. The monoisotopic (exact) mass is 67.0 g/mol. The van der Waals surface area contributed by atoms with E-state index in [0.717, 1.165) is 0 Å². The predicted octanol–water partition coefficient (Wildman–Crippen LogP) is 0.668. The molecule has 0 aliphatic heterocycles. The van der Waals surface area contributed by atoms with Gasteiger partial charge in [0.1, 0.15) is 0 Å². The van der Waals surface area contributed by atoms with Gasteiger partial charge in [0.25, 0.3) is 0 Å². The normalized spacial score (nSPS) is 8.00. The Hall–Kier alpha value is -0.770. The molecule has 0 aromatic carbocycles. The fourth-order valence-electron chi connectivity index (χ4n) is 0.0745. The summed E-state index contributed by atoms with van der Waals surface area (Å²) >= 11 is 0. The van der Waals surface area contributed by atoms with Gasteiger partial charge in [0.05, 0.1) is 0 Å². The van der Waals surface area contributed by atoms with E-state index in [-0.39, 0.29) is 0 Å². The highest BCUT2D eigenvalue weighted by Crippen LogP contribution is 1.48.